The first kappa shape index (κ1) is 13.2. The van der Waals surface area contributed by atoms with Gasteiger partial charge in [-0.25, -0.2) is 0 Å². The van der Waals surface area contributed by atoms with Crippen LogP contribution >= 0.6 is 23.2 Å². The highest BCUT2D eigenvalue weighted by atomic mass is 35.5. The minimum Gasteiger partial charge on any atom is -0.127 e. The van der Waals surface area contributed by atoms with E-state index in [9.17, 15) is 0 Å². The summed E-state index contributed by atoms with van der Waals surface area (Å²) in [5.41, 5.74) is 0. The summed E-state index contributed by atoms with van der Waals surface area (Å²) in [6.07, 6.45) is 3.73. The second-order valence-electron chi connectivity index (χ2n) is 2.41. The van der Waals surface area contributed by atoms with E-state index in [-0.39, 0.29) is 0 Å². The quantitative estimate of drug-likeness (QED) is 0.459. The van der Waals surface area contributed by atoms with E-state index >= 15 is 0 Å². The molecule has 64 valence electrons. The Morgan fingerprint density at radius 3 is 1.70 bits per heavy atom. The van der Waals surface area contributed by atoms with Crippen molar-refractivity contribution in [2.24, 2.45) is 0 Å². The van der Waals surface area contributed by atoms with Crippen LogP contribution in [0.15, 0.2) is 0 Å². The van der Waals surface area contributed by atoms with Gasteiger partial charge in [0.2, 0.25) is 0 Å². The van der Waals surface area contributed by atoms with Crippen molar-refractivity contribution >= 4 is 23.2 Å². The van der Waals surface area contributed by atoms with Gasteiger partial charge in [0.1, 0.15) is 0 Å². The summed E-state index contributed by atoms with van der Waals surface area (Å²) in [4.78, 5) is 0. The van der Waals surface area contributed by atoms with E-state index in [1.54, 1.807) is 0 Å². The summed E-state index contributed by atoms with van der Waals surface area (Å²) in [6.45, 7) is 6.04. The van der Waals surface area contributed by atoms with Gasteiger partial charge in [-0.05, 0) is 20.3 Å². The fourth-order valence-corrected chi connectivity index (χ4v) is 0.533. The number of rotatable bonds is 3. The Morgan fingerprint density at radius 1 is 1.20 bits per heavy atom. The van der Waals surface area contributed by atoms with Crippen molar-refractivity contribution in [3.63, 3.8) is 0 Å². The smallest absolute Gasteiger partial charge is 0.0279 e. The van der Waals surface area contributed by atoms with Crippen molar-refractivity contribution < 1.29 is 0 Å². The van der Waals surface area contributed by atoms with Crippen LogP contribution in [-0.4, -0.2) is 11.3 Å². The number of hydrogen-bond acceptors (Lipinski definition) is 0. The number of unbranched alkanes of at least 4 members (excludes halogenated alkanes) is 2. The van der Waals surface area contributed by atoms with Gasteiger partial charge in [0, 0.05) is 11.3 Å². The Bertz CT molecular complexity index is 37.8. The van der Waals surface area contributed by atoms with Gasteiger partial charge in [-0.15, -0.1) is 23.2 Å². The number of alkyl halides is 2. The first-order valence-electron chi connectivity index (χ1n) is 3.85. The number of hydrogen-bond donors (Lipinski definition) is 0. The lowest BCUT2D eigenvalue weighted by molar-refractivity contribution is 0.776. The molecule has 0 radical (unpaired) electrons. The van der Waals surface area contributed by atoms with E-state index < -0.39 is 0 Å². The molecule has 0 aliphatic heterocycles. The lowest BCUT2D eigenvalue weighted by Crippen LogP contribution is -1.70. The van der Waals surface area contributed by atoms with Crippen LogP contribution in [0.3, 0.4) is 0 Å². The molecule has 0 aliphatic rings. The average molecular weight is 185 g/mol. The molecule has 0 nitrogen and oxygen atoms in total. The molecular weight excluding hydrogens is 167 g/mol. The molecule has 0 unspecified atom stereocenters. The Labute approximate surface area is 74.9 Å². The monoisotopic (exact) mass is 184 g/mol. The van der Waals surface area contributed by atoms with Crippen LogP contribution in [0, 0.1) is 0 Å². The standard InChI is InChI=1S/C5H11Cl.C3H7Cl/c1-2-3-4-5-6;1-3(2)4/h2-5H2,1H3;3H,1-2H3. The zero-order chi connectivity index (χ0) is 8.41. The maximum absolute atomic E-state index is 5.38. The summed E-state index contributed by atoms with van der Waals surface area (Å²) in [5, 5.41) is 0.306. The normalized spacial score (nSPS) is 9.00. The van der Waals surface area contributed by atoms with Crippen LogP contribution in [0.25, 0.3) is 0 Å². The third-order valence-corrected chi connectivity index (χ3v) is 1.00. The zero-order valence-corrected chi connectivity index (χ0v) is 8.67. The molecule has 0 spiro atoms. The van der Waals surface area contributed by atoms with Gasteiger partial charge < -0.3 is 0 Å². The van der Waals surface area contributed by atoms with Gasteiger partial charge in [0.25, 0.3) is 0 Å². The van der Waals surface area contributed by atoms with Crippen molar-refractivity contribution in [3.05, 3.63) is 0 Å². The molecule has 0 atom stereocenters. The molecule has 0 rings (SSSR count). The van der Waals surface area contributed by atoms with Crippen LogP contribution in [0.4, 0.5) is 0 Å². The Kier molecular flexibility index (Phi) is 16.2. The molecule has 0 aliphatic carbocycles. The van der Waals surface area contributed by atoms with Crippen LogP contribution in [0.5, 0.6) is 0 Å². The Morgan fingerprint density at radius 2 is 1.60 bits per heavy atom. The Hall–Kier alpha value is 0.580. The first-order valence-corrected chi connectivity index (χ1v) is 4.82. The number of halogens is 2. The van der Waals surface area contributed by atoms with E-state index in [0.29, 0.717) is 5.38 Å². The molecular formula is C8H18Cl2. The van der Waals surface area contributed by atoms with Gasteiger partial charge >= 0.3 is 0 Å². The molecule has 0 N–H and O–H groups in total. The van der Waals surface area contributed by atoms with Gasteiger partial charge in [-0.3, -0.25) is 0 Å². The minimum atomic E-state index is 0.306. The maximum atomic E-state index is 5.38. The zero-order valence-electron chi connectivity index (χ0n) is 7.16. The average Bonchev–Trinajstić information content (AvgIpc) is 1.82. The largest absolute Gasteiger partial charge is 0.127 e. The molecule has 0 amide bonds. The fraction of sp³-hybridized carbons (Fsp3) is 1.00. The minimum absolute atomic E-state index is 0.306. The molecule has 0 heterocycles. The van der Waals surface area contributed by atoms with E-state index in [4.69, 9.17) is 23.2 Å². The predicted molar refractivity (Wildman–Crippen MR) is 51.2 cm³/mol. The SMILES string of the molecule is CC(C)Cl.CCCCCCl. The van der Waals surface area contributed by atoms with Crippen LogP contribution in [0.1, 0.15) is 40.0 Å². The highest BCUT2D eigenvalue weighted by molar-refractivity contribution is 6.20. The van der Waals surface area contributed by atoms with E-state index in [1.165, 1.54) is 19.3 Å². The predicted octanol–water partition coefficient (Wildman–Crippen LogP) is 4.05. The summed E-state index contributed by atoms with van der Waals surface area (Å²) in [6, 6.07) is 0. The highest BCUT2D eigenvalue weighted by Gasteiger charge is 1.76. The second-order valence-corrected chi connectivity index (χ2v) is 3.66. The molecule has 0 bridgehead atoms. The first-order chi connectivity index (χ1) is 4.65. The molecule has 0 aromatic rings. The van der Waals surface area contributed by atoms with Crippen LogP contribution < -0.4 is 0 Å². The molecule has 0 aromatic heterocycles. The van der Waals surface area contributed by atoms with Crippen molar-refractivity contribution in [3.8, 4) is 0 Å². The van der Waals surface area contributed by atoms with Gasteiger partial charge in [0.05, 0.1) is 0 Å². The van der Waals surface area contributed by atoms with Crippen molar-refractivity contribution in [1.82, 2.24) is 0 Å². The topological polar surface area (TPSA) is 0 Å². The van der Waals surface area contributed by atoms with Crippen molar-refractivity contribution in [1.29, 1.82) is 0 Å². The van der Waals surface area contributed by atoms with Crippen molar-refractivity contribution in [2.75, 3.05) is 5.88 Å². The molecule has 10 heavy (non-hydrogen) atoms. The summed E-state index contributed by atoms with van der Waals surface area (Å²) in [7, 11) is 0. The lowest BCUT2D eigenvalue weighted by atomic mass is 10.3. The van der Waals surface area contributed by atoms with Crippen molar-refractivity contribution in [2.45, 2.75) is 45.4 Å². The van der Waals surface area contributed by atoms with Gasteiger partial charge in [-0.2, -0.15) is 0 Å². The second kappa shape index (κ2) is 12.3. The van der Waals surface area contributed by atoms with Crippen LogP contribution in [0.2, 0.25) is 0 Å². The highest BCUT2D eigenvalue weighted by Crippen LogP contribution is 1.93. The summed E-state index contributed by atoms with van der Waals surface area (Å²) in [5.74, 6) is 0.827. The Balaban J connectivity index is 0. The molecule has 0 fully saturated rings. The van der Waals surface area contributed by atoms with Gasteiger partial charge in [0.15, 0.2) is 0 Å². The maximum Gasteiger partial charge on any atom is 0.0279 e. The van der Waals surface area contributed by atoms with E-state index in [1.807, 2.05) is 13.8 Å². The molecule has 2 heteroatoms. The lowest BCUT2D eigenvalue weighted by Gasteiger charge is -1.84. The summed E-state index contributed by atoms with van der Waals surface area (Å²) < 4.78 is 0. The third kappa shape index (κ3) is 38.5. The van der Waals surface area contributed by atoms with E-state index in [2.05, 4.69) is 6.92 Å². The molecule has 0 saturated heterocycles. The molecule has 0 saturated carbocycles. The fourth-order valence-electron chi connectivity index (χ4n) is 0.344. The third-order valence-electron chi connectivity index (χ3n) is 0.737. The van der Waals surface area contributed by atoms with Gasteiger partial charge in [-0.1, -0.05) is 19.8 Å². The van der Waals surface area contributed by atoms with E-state index in [0.717, 1.165) is 5.88 Å². The molecule has 0 aromatic carbocycles. The van der Waals surface area contributed by atoms with Crippen LogP contribution in [-0.2, 0) is 0 Å². The summed E-state index contributed by atoms with van der Waals surface area (Å²) >= 11 is 10.7.